The Balaban J connectivity index is 1.70. The number of halogens is 4. The molecule has 11 heteroatoms. The fraction of sp³-hybridized carbons (Fsp3) is 0.333. The zero-order chi connectivity index (χ0) is 24.9. The first-order valence-corrected chi connectivity index (χ1v) is 11.4. The molecule has 0 spiro atoms. The van der Waals surface area contributed by atoms with Crippen molar-refractivity contribution in [3.05, 3.63) is 74.9 Å². The van der Waals surface area contributed by atoms with E-state index < -0.39 is 23.6 Å². The number of ether oxygens (including phenoxy) is 1. The predicted octanol–water partition coefficient (Wildman–Crippen LogP) is 5.09. The second-order valence-electron chi connectivity index (χ2n) is 8.58. The zero-order valence-electron chi connectivity index (χ0n) is 18.9. The fourth-order valence-corrected chi connectivity index (χ4v) is 4.65. The summed E-state index contributed by atoms with van der Waals surface area (Å²) in [5, 5.41) is 4.47. The van der Waals surface area contributed by atoms with Crippen molar-refractivity contribution in [1.82, 2.24) is 24.3 Å². The number of rotatable bonds is 4. The lowest BCUT2D eigenvalue weighted by Gasteiger charge is -2.29. The molecule has 4 aromatic rings. The molecule has 3 aromatic heterocycles. The van der Waals surface area contributed by atoms with Crippen LogP contribution >= 0.6 is 11.6 Å². The Bertz CT molecular complexity index is 1490. The summed E-state index contributed by atoms with van der Waals surface area (Å²) in [5.41, 5.74) is 0.780. The second-order valence-corrected chi connectivity index (χ2v) is 9.02. The quantitative estimate of drug-likeness (QED) is 0.387. The zero-order valence-corrected chi connectivity index (χ0v) is 19.6. The van der Waals surface area contributed by atoms with Crippen LogP contribution in [-0.4, -0.2) is 30.9 Å². The number of nitrogens with zero attached hydrogens (tertiary/aromatic N) is 5. The number of hydrogen-bond donors (Lipinski definition) is 0. The Morgan fingerprint density at radius 1 is 1.20 bits per heavy atom. The molecular formula is C24H21ClF3N5O2. The Labute approximate surface area is 203 Å². The summed E-state index contributed by atoms with van der Waals surface area (Å²) in [5.74, 6) is -1.52. The van der Waals surface area contributed by atoms with E-state index in [2.05, 4.69) is 15.1 Å². The first-order chi connectivity index (χ1) is 16.7. The van der Waals surface area contributed by atoms with Crippen molar-refractivity contribution in [2.45, 2.75) is 31.3 Å². The number of pyridine rings is 1. The van der Waals surface area contributed by atoms with E-state index in [1.165, 1.54) is 19.2 Å². The van der Waals surface area contributed by atoms with E-state index >= 15 is 0 Å². The van der Waals surface area contributed by atoms with Gasteiger partial charge >= 0.3 is 0 Å². The van der Waals surface area contributed by atoms with E-state index in [0.717, 1.165) is 16.2 Å². The average molecular weight is 504 g/mol. The lowest BCUT2D eigenvalue weighted by Crippen LogP contribution is -2.24. The summed E-state index contributed by atoms with van der Waals surface area (Å²) < 4.78 is 50.6. The van der Waals surface area contributed by atoms with Gasteiger partial charge in [0.2, 0.25) is 0 Å². The van der Waals surface area contributed by atoms with Crippen LogP contribution in [0.25, 0.3) is 22.2 Å². The van der Waals surface area contributed by atoms with Gasteiger partial charge in [0.1, 0.15) is 11.3 Å². The molecule has 0 amide bonds. The van der Waals surface area contributed by atoms with Crippen LogP contribution in [0.2, 0.25) is 5.02 Å². The van der Waals surface area contributed by atoms with Gasteiger partial charge in [-0.2, -0.15) is 5.10 Å². The molecule has 5 rings (SSSR count). The minimum Gasteiger partial charge on any atom is -0.373 e. The maximum atomic E-state index is 14.9. The molecule has 0 saturated carbocycles. The molecule has 1 aromatic carbocycles. The normalized spacial score (nSPS) is 18.5. The number of fused-ring (bicyclic) bond motifs is 1. The van der Waals surface area contributed by atoms with Crippen molar-refractivity contribution in [3.8, 4) is 11.3 Å². The highest BCUT2D eigenvalue weighted by Crippen LogP contribution is 2.39. The van der Waals surface area contributed by atoms with Crippen LogP contribution in [0.15, 0.2) is 41.5 Å². The van der Waals surface area contributed by atoms with Crippen molar-refractivity contribution >= 4 is 22.5 Å². The van der Waals surface area contributed by atoms with Crippen LogP contribution in [0.1, 0.15) is 48.4 Å². The van der Waals surface area contributed by atoms with Crippen molar-refractivity contribution < 1.29 is 17.9 Å². The highest BCUT2D eigenvalue weighted by atomic mass is 35.5. The molecule has 0 radical (unpaired) electrons. The van der Waals surface area contributed by atoms with Gasteiger partial charge < -0.3 is 4.74 Å². The second kappa shape index (κ2) is 9.09. The lowest BCUT2D eigenvalue weighted by molar-refractivity contribution is 0.00464. The monoisotopic (exact) mass is 503 g/mol. The average Bonchev–Trinajstić information content (AvgIpc) is 3.27. The largest absolute Gasteiger partial charge is 0.373 e. The van der Waals surface area contributed by atoms with Crippen LogP contribution < -0.4 is 5.56 Å². The number of hydrogen-bond acceptors (Lipinski definition) is 5. The van der Waals surface area contributed by atoms with Crippen molar-refractivity contribution in [1.29, 1.82) is 0 Å². The topological polar surface area (TPSA) is 74.8 Å². The van der Waals surface area contributed by atoms with Gasteiger partial charge in [0, 0.05) is 54.7 Å². The van der Waals surface area contributed by atoms with Crippen LogP contribution in [-0.2, 0) is 18.8 Å². The van der Waals surface area contributed by atoms with Gasteiger partial charge in [-0.1, -0.05) is 11.6 Å². The summed E-state index contributed by atoms with van der Waals surface area (Å²) in [6.07, 6.45) is 1.59. The van der Waals surface area contributed by atoms with E-state index in [-0.39, 0.29) is 39.2 Å². The molecule has 7 nitrogen and oxygen atoms in total. The van der Waals surface area contributed by atoms with Crippen molar-refractivity contribution in [2.75, 3.05) is 6.61 Å². The molecule has 4 heterocycles. The van der Waals surface area contributed by atoms with Crippen LogP contribution in [0.5, 0.6) is 0 Å². The summed E-state index contributed by atoms with van der Waals surface area (Å²) in [4.78, 5) is 21.8. The van der Waals surface area contributed by atoms with Gasteiger partial charge in [-0.15, -0.1) is 0 Å². The van der Waals surface area contributed by atoms with Crippen molar-refractivity contribution in [3.63, 3.8) is 0 Å². The molecular weight excluding hydrogens is 483 g/mol. The number of benzene rings is 1. The summed E-state index contributed by atoms with van der Waals surface area (Å²) >= 11 is 5.92. The van der Waals surface area contributed by atoms with Gasteiger partial charge in [-0.3, -0.25) is 19.0 Å². The molecule has 1 aliphatic rings. The highest BCUT2D eigenvalue weighted by Gasteiger charge is 2.29. The van der Waals surface area contributed by atoms with E-state index in [0.29, 0.717) is 25.1 Å². The Hall–Kier alpha value is -3.24. The third kappa shape index (κ3) is 4.32. The number of aryl methyl sites for hydroxylation is 1. The van der Waals surface area contributed by atoms with Crippen LogP contribution in [0, 0.1) is 5.82 Å². The first kappa shape index (κ1) is 23.5. The molecule has 0 unspecified atom stereocenters. The molecule has 35 heavy (non-hydrogen) atoms. The van der Waals surface area contributed by atoms with E-state index in [1.54, 1.807) is 16.9 Å². The smallest absolute Gasteiger partial charge is 0.295 e. The Morgan fingerprint density at radius 2 is 2.00 bits per heavy atom. The van der Waals surface area contributed by atoms with Gasteiger partial charge in [0.05, 0.1) is 23.4 Å². The molecule has 1 saturated heterocycles. The van der Waals surface area contributed by atoms with Gasteiger partial charge in [0.25, 0.3) is 12.0 Å². The lowest BCUT2D eigenvalue weighted by atomic mass is 9.89. The molecule has 0 N–H and O–H groups in total. The summed E-state index contributed by atoms with van der Waals surface area (Å²) in [6, 6.07) is 5.57. The summed E-state index contributed by atoms with van der Waals surface area (Å²) in [7, 11) is 3.06. The van der Waals surface area contributed by atoms with Crippen LogP contribution in [0.4, 0.5) is 13.2 Å². The highest BCUT2D eigenvalue weighted by molar-refractivity contribution is 6.30. The first-order valence-electron chi connectivity index (χ1n) is 11.0. The predicted molar refractivity (Wildman–Crippen MR) is 124 cm³/mol. The molecule has 2 atom stereocenters. The minimum absolute atomic E-state index is 0.0238. The maximum absolute atomic E-state index is 14.9. The maximum Gasteiger partial charge on any atom is 0.295 e. The minimum atomic E-state index is -2.99. The fourth-order valence-electron chi connectivity index (χ4n) is 4.49. The number of aromatic nitrogens is 5. The standard InChI is InChI=1S/C24H21ClF3N5O2/c1-32-11-13(10-29-32)19-7-12(5-6-35-19)18-9-16-21(31-23(22(27)28)33(2)24(16)34)20(30-18)15-4-3-14(25)8-17(15)26/h3-4,8-12,19,22H,5-7H2,1-2H3/t12-,19+/m0/s1. The van der Waals surface area contributed by atoms with Crippen molar-refractivity contribution in [2.24, 2.45) is 14.1 Å². The van der Waals surface area contributed by atoms with E-state index in [4.69, 9.17) is 16.3 Å². The van der Waals surface area contributed by atoms with Gasteiger partial charge in [0.15, 0.2) is 5.82 Å². The van der Waals surface area contributed by atoms with E-state index in [1.807, 2.05) is 13.2 Å². The number of alkyl halides is 2. The molecule has 1 fully saturated rings. The molecule has 182 valence electrons. The third-order valence-electron chi connectivity index (χ3n) is 6.30. The Morgan fingerprint density at radius 3 is 2.69 bits per heavy atom. The van der Waals surface area contributed by atoms with Gasteiger partial charge in [-0.05, 0) is 37.1 Å². The van der Waals surface area contributed by atoms with Crippen LogP contribution in [0.3, 0.4) is 0 Å². The molecule has 1 aliphatic heterocycles. The molecule has 0 bridgehead atoms. The van der Waals surface area contributed by atoms with E-state index in [9.17, 15) is 18.0 Å². The SMILES string of the molecule is Cn1cc([C@H]2C[C@@H](c3cc4c(=O)n(C)c(C(F)F)nc4c(-c4ccc(Cl)cc4F)n3)CCO2)cn1. The summed E-state index contributed by atoms with van der Waals surface area (Å²) in [6.45, 7) is 0.454. The molecule has 0 aliphatic carbocycles. The van der Waals surface area contributed by atoms with Gasteiger partial charge in [-0.25, -0.2) is 18.2 Å². The third-order valence-corrected chi connectivity index (χ3v) is 6.53. The Kier molecular flexibility index (Phi) is 6.10.